The van der Waals surface area contributed by atoms with Crippen molar-refractivity contribution in [2.24, 2.45) is 0 Å². The molecule has 0 spiro atoms. The third kappa shape index (κ3) is 2.19. The van der Waals surface area contributed by atoms with Crippen molar-refractivity contribution in [1.82, 2.24) is 0 Å². The van der Waals surface area contributed by atoms with Crippen molar-refractivity contribution in [2.75, 3.05) is 0 Å². The van der Waals surface area contributed by atoms with Gasteiger partial charge in [-0.3, -0.25) is 0 Å². The second-order valence-corrected chi connectivity index (χ2v) is 4.33. The summed E-state index contributed by atoms with van der Waals surface area (Å²) in [5.41, 5.74) is 0.267. The molecule has 1 aromatic carbocycles. The van der Waals surface area contributed by atoms with Gasteiger partial charge in [0.2, 0.25) is 0 Å². The zero-order valence-corrected chi connectivity index (χ0v) is 8.69. The van der Waals surface area contributed by atoms with Crippen LogP contribution < -0.4 is 0 Å². The van der Waals surface area contributed by atoms with Crippen LogP contribution in [0.25, 0.3) is 0 Å². The maximum atomic E-state index is 9.78. The minimum atomic E-state index is -1.06. The van der Waals surface area contributed by atoms with E-state index >= 15 is 0 Å². The van der Waals surface area contributed by atoms with E-state index in [0.717, 1.165) is 12.8 Å². The monoisotopic (exact) mass is 201 g/mol. The molecule has 1 saturated carbocycles. The van der Waals surface area contributed by atoms with Gasteiger partial charge < -0.3 is 5.11 Å². The molecule has 2 rings (SSSR count). The summed E-state index contributed by atoms with van der Waals surface area (Å²) >= 11 is 0. The van der Waals surface area contributed by atoms with Crippen LogP contribution in [-0.2, 0) is 0 Å². The number of nitrogens with zero attached hydrogens (tertiary/aromatic N) is 1. The molecule has 1 N–H and O–H groups in total. The van der Waals surface area contributed by atoms with Crippen molar-refractivity contribution in [3.63, 3.8) is 0 Å². The summed E-state index contributed by atoms with van der Waals surface area (Å²) in [5.74, 6) is 0.514. The van der Waals surface area contributed by atoms with Gasteiger partial charge in [0.1, 0.15) is 0 Å². The van der Waals surface area contributed by atoms with E-state index in [1.165, 1.54) is 5.56 Å². The quantitative estimate of drug-likeness (QED) is 0.710. The van der Waals surface area contributed by atoms with Crippen LogP contribution in [0.5, 0.6) is 0 Å². The van der Waals surface area contributed by atoms with E-state index in [-0.39, 0.29) is 0 Å². The van der Waals surface area contributed by atoms with E-state index in [0.29, 0.717) is 18.8 Å². The van der Waals surface area contributed by atoms with E-state index in [9.17, 15) is 5.11 Å². The lowest BCUT2D eigenvalue weighted by molar-refractivity contribution is 0.0528. The Morgan fingerprint density at radius 3 is 2.33 bits per heavy atom. The van der Waals surface area contributed by atoms with Crippen LogP contribution in [0, 0.1) is 11.3 Å². The number of nitriles is 1. The summed E-state index contributed by atoms with van der Waals surface area (Å²) in [6, 6.07) is 12.4. The second kappa shape index (κ2) is 4.04. The van der Waals surface area contributed by atoms with Crippen molar-refractivity contribution >= 4 is 0 Å². The van der Waals surface area contributed by atoms with Crippen LogP contribution in [0.2, 0.25) is 0 Å². The van der Waals surface area contributed by atoms with Gasteiger partial charge in [-0.1, -0.05) is 30.3 Å². The maximum Gasteiger partial charge on any atom is 0.151 e. The van der Waals surface area contributed by atoms with Gasteiger partial charge in [0, 0.05) is 0 Å². The number of aliphatic hydroxyl groups is 1. The molecule has 0 saturated heterocycles. The largest absolute Gasteiger partial charge is 0.375 e. The lowest BCUT2D eigenvalue weighted by Gasteiger charge is -2.30. The summed E-state index contributed by atoms with van der Waals surface area (Å²) in [4.78, 5) is 0. The first kappa shape index (κ1) is 10.2. The Bertz CT molecular complexity index is 358. The summed E-state index contributed by atoms with van der Waals surface area (Å²) in [6.07, 6.45) is 3.02. The fourth-order valence-electron chi connectivity index (χ4n) is 2.27. The Kier molecular flexibility index (Phi) is 2.75. The van der Waals surface area contributed by atoms with Crippen molar-refractivity contribution in [3.05, 3.63) is 35.9 Å². The lowest BCUT2D eigenvalue weighted by Crippen LogP contribution is -2.31. The molecule has 0 aromatic heterocycles. The Morgan fingerprint density at radius 2 is 1.80 bits per heavy atom. The van der Waals surface area contributed by atoms with Crippen LogP contribution in [0.1, 0.15) is 37.2 Å². The van der Waals surface area contributed by atoms with Crippen LogP contribution in [0.15, 0.2) is 30.3 Å². The average Bonchev–Trinajstić information content (AvgIpc) is 2.31. The molecular formula is C13H15NO. The number of hydrogen-bond acceptors (Lipinski definition) is 2. The van der Waals surface area contributed by atoms with Crippen molar-refractivity contribution in [1.29, 1.82) is 5.26 Å². The zero-order valence-electron chi connectivity index (χ0n) is 8.69. The Balaban J connectivity index is 2.04. The van der Waals surface area contributed by atoms with E-state index in [1.807, 2.05) is 24.3 Å². The van der Waals surface area contributed by atoms with Crippen molar-refractivity contribution in [2.45, 2.75) is 37.2 Å². The lowest BCUT2D eigenvalue weighted by atomic mass is 9.77. The van der Waals surface area contributed by atoms with Gasteiger partial charge in [-0.05, 0) is 37.2 Å². The first-order valence-electron chi connectivity index (χ1n) is 5.42. The van der Waals surface area contributed by atoms with Gasteiger partial charge in [-0.25, -0.2) is 0 Å². The molecule has 0 unspecified atom stereocenters. The molecule has 0 amide bonds. The molecule has 1 aliphatic rings. The first-order valence-corrected chi connectivity index (χ1v) is 5.42. The third-order valence-corrected chi connectivity index (χ3v) is 3.29. The maximum absolute atomic E-state index is 9.78. The summed E-state index contributed by atoms with van der Waals surface area (Å²) in [6.45, 7) is 0. The predicted molar refractivity (Wildman–Crippen MR) is 58.2 cm³/mol. The molecule has 2 heteroatoms. The minimum absolute atomic E-state index is 0.514. The molecular weight excluding hydrogens is 186 g/mol. The van der Waals surface area contributed by atoms with Gasteiger partial charge in [0.25, 0.3) is 0 Å². The molecule has 78 valence electrons. The average molecular weight is 201 g/mol. The molecule has 1 aliphatic carbocycles. The fraction of sp³-hybridized carbons (Fsp3) is 0.462. The molecule has 0 bridgehead atoms. The van der Waals surface area contributed by atoms with E-state index in [1.54, 1.807) is 0 Å². The van der Waals surface area contributed by atoms with Crippen LogP contribution in [0.4, 0.5) is 0 Å². The van der Waals surface area contributed by atoms with E-state index in [4.69, 9.17) is 5.26 Å². The normalized spacial score (nSPS) is 30.8. The van der Waals surface area contributed by atoms with Crippen LogP contribution >= 0.6 is 0 Å². The molecule has 0 atom stereocenters. The molecule has 2 nitrogen and oxygen atoms in total. The Hall–Kier alpha value is -1.33. The first-order chi connectivity index (χ1) is 7.23. The Morgan fingerprint density at radius 1 is 1.20 bits per heavy atom. The van der Waals surface area contributed by atoms with Crippen LogP contribution in [0.3, 0.4) is 0 Å². The van der Waals surface area contributed by atoms with Crippen LogP contribution in [-0.4, -0.2) is 10.7 Å². The van der Waals surface area contributed by atoms with Crippen molar-refractivity contribution < 1.29 is 5.11 Å². The number of rotatable bonds is 1. The van der Waals surface area contributed by atoms with E-state index < -0.39 is 5.60 Å². The predicted octanol–water partition coefficient (Wildman–Crippen LogP) is 2.60. The SMILES string of the molecule is N#CC1(O)CCC(c2ccccc2)CC1. The molecule has 0 heterocycles. The summed E-state index contributed by atoms with van der Waals surface area (Å²) in [5, 5.41) is 18.6. The van der Waals surface area contributed by atoms with Gasteiger partial charge in [-0.2, -0.15) is 5.26 Å². The molecule has 1 fully saturated rings. The standard InChI is InChI=1S/C13H15NO/c14-10-13(15)8-6-12(7-9-13)11-4-2-1-3-5-11/h1-5,12,15H,6-9H2. The molecule has 0 radical (unpaired) electrons. The third-order valence-electron chi connectivity index (χ3n) is 3.29. The van der Waals surface area contributed by atoms with Gasteiger partial charge in [0.15, 0.2) is 5.60 Å². The Labute approximate surface area is 90.2 Å². The highest BCUT2D eigenvalue weighted by atomic mass is 16.3. The zero-order chi connectivity index (χ0) is 10.7. The van der Waals surface area contributed by atoms with E-state index in [2.05, 4.69) is 12.1 Å². The minimum Gasteiger partial charge on any atom is -0.375 e. The van der Waals surface area contributed by atoms with Gasteiger partial charge in [0.05, 0.1) is 6.07 Å². The molecule has 0 aliphatic heterocycles. The fourth-order valence-corrected chi connectivity index (χ4v) is 2.27. The second-order valence-electron chi connectivity index (χ2n) is 4.33. The molecule has 1 aromatic rings. The van der Waals surface area contributed by atoms with Crippen molar-refractivity contribution in [3.8, 4) is 6.07 Å². The smallest absolute Gasteiger partial charge is 0.151 e. The highest BCUT2D eigenvalue weighted by Crippen LogP contribution is 2.37. The topological polar surface area (TPSA) is 44.0 Å². The molecule has 15 heavy (non-hydrogen) atoms. The summed E-state index contributed by atoms with van der Waals surface area (Å²) in [7, 11) is 0. The van der Waals surface area contributed by atoms with Gasteiger partial charge >= 0.3 is 0 Å². The highest BCUT2D eigenvalue weighted by Gasteiger charge is 2.33. The highest BCUT2D eigenvalue weighted by molar-refractivity contribution is 5.21. The van der Waals surface area contributed by atoms with Gasteiger partial charge in [-0.15, -0.1) is 0 Å². The number of benzene rings is 1. The summed E-state index contributed by atoms with van der Waals surface area (Å²) < 4.78 is 0. The number of hydrogen-bond donors (Lipinski definition) is 1.